The van der Waals surface area contributed by atoms with Crippen molar-refractivity contribution < 1.29 is 9.53 Å². The van der Waals surface area contributed by atoms with Crippen molar-refractivity contribution >= 4 is 14.1 Å². The first-order valence-corrected chi connectivity index (χ1v) is 4.06. The van der Waals surface area contributed by atoms with E-state index in [4.69, 9.17) is 7.98 Å². The van der Waals surface area contributed by atoms with Crippen molar-refractivity contribution in [1.82, 2.24) is 10.1 Å². The average Bonchev–Trinajstić information content (AvgIpc) is 2.09. The summed E-state index contributed by atoms with van der Waals surface area (Å²) in [6, 6.07) is 0.220. The monoisotopic (exact) mass is 168 g/mol. The van der Waals surface area contributed by atoms with Crippen molar-refractivity contribution in [1.29, 1.82) is 0 Å². The van der Waals surface area contributed by atoms with Crippen molar-refractivity contribution in [2.75, 3.05) is 20.2 Å². The average molecular weight is 168 g/mol. The summed E-state index contributed by atoms with van der Waals surface area (Å²) < 4.78 is 4.48. The minimum atomic E-state index is -0.356. The van der Waals surface area contributed by atoms with Crippen molar-refractivity contribution in [3.8, 4) is 0 Å². The Balaban J connectivity index is 2.21. The third-order valence-electron chi connectivity index (χ3n) is 2.04. The molecule has 1 saturated heterocycles. The lowest BCUT2D eigenvalue weighted by Gasteiger charge is -2.29. The lowest BCUT2D eigenvalue weighted by Crippen LogP contribution is -2.43. The number of ether oxygens (including phenoxy) is 1. The van der Waals surface area contributed by atoms with Gasteiger partial charge in [0, 0.05) is 6.04 Å². The standard InChI is InChI=1S/C7H13BN2O2/c1-12-7(11)9-6-2-4-10(8)5-3-6/h6H,2-5H2,1H3,(H,9,11). The minimum Gasteiger partial charge on any atom is -0.453 e. The van der Waals surface area contributed by atoms with Gasteiger partial charge < -0.3 is 14.9 Å². The van der Waals surface area contributed by atoms with E-state index in [2.05, 4.69) is 10.1 Å². The summed E-state index contributed by atoms with van der Waals surface area (Å²) in [5.41, 5.74) is 0. The smallest absolute Gasteiger partial charge is 0.407 e. The first-order chi connectivity index (χ1) is 5.72. The highest BCUT2D eigenvalue weighted by Gasteiger charge is 2.17. The van der Waals surface area contributed by atoms with Crippen LogP contribution in [0.2, 0.25) is 0 Å². The second-order valence-electron chi connectivity index (χ2n) is 2.95. The Hall–Kier alpha value is -0.705. The van der Waals surface area contributed by atoms with E-state index in [1.54, 1.807) is 4.81 Å². The second kappa shape index (κ2) is 4.35. The number of hydrogen-bond acceptors (Lipinski definition) is 3. The molecule has 0 aromatic rings. The number of piperidine rings is 1. The number of nitrogens with one attached hydrogen (secondary N) is 1. The summed E-state index contributed by atoms with van der Waals surface area (Å²) in [7, 11) is 6.92. The normalized spacial score (nSPS) is 20.4. The molecular weight excluding hydrogens is 155 g/mol. The van der Waals surface area contributed by atoms with Gasteiger partial charge in [-0.3, -0.25) is 0 Å². The van der Waals surface area contributed by atoms with Crippen LogP contribution in [-0.2, 0) is 4.74 Å². The van der Waals surface area contributed by atoms with E-state index >= 15 is 0 Å². The number of amides is 1. The Labute approximate surface area is 73.7 Å². The van der Waals surface area contributed by atoms with Crippen LogP contribution in [0.15, 0.2) is 0 Å². The molecule has 0 bridgehead atoms. The predicted octanol–water partition coefficient (Wildman–Crippen LogP) is -0.110. The third-order valence-corrected chi connectivity index (χ3v) is 2.04. The van der Waals surface area contributed by atoms with E-state index in [-0.39, 0.29) is 12.1 Å². The number of carbonyl (C=O) groups is 1. The van der Waals surface area contributed by atoms with E-state index in [1.807, 2.05) is 0 Å². The Kier molecular flexibility index (Phi) is 3.40. The number of nitrogens with zero attached hydrogens (tertiary/aromatic N) is 1. The maximum atomic E-state index is 10.8. The first kappa shape index (κ1) is 9.38. The van der Waals surface area contributed by atoms with Gasteiger partial charge in [0.05, 0.1) is 7.11 Å². The topological polar surface area (TPSA) is 41.6 Å². The summed E-state index contributed by atoms with van der Waals surface area (Å²) in [6.45, 7) is 1.66. The molecule has 1 fully saturated rings. The molecule has 2 radical (unpaired) electrons. The van der Waals surface area contributed by atoms with Gasteiger partial charge in [0.2, 0.25) is 0 Å². The summed E-state index contributed by atoms with van der Waals surface area (Å²) in [5, 5.41) is 2.75. The highest BCUT2D eigenvalue weighted by atomic mass is 16.5. The minimum absolute atomic E-state index is 0.220. The number of alkyl carbamates (subject to hydrolysis) is 1. The van der Waals surface area contributed by atoms with Crippen LogP contribution in [0.1, 0.15) is 12.8 Å². The molecule has 0 saturated carbocycles. The number of methoxy groups -OCH3 is 1. The van der Waals surface area contributed by atoms with Crippen molar-refractivity contribution in [2.24, 2.45) is 0 Å². The first-order valence-electron chi connectivity index (χ1n) is 4.06. The molecule has 0 unspecified atom stereocenters. The van der Waals surface area contributed by atoms with Gasteiger partial charge in [-0.05, 0) is 25.9 Å². The lowest BCUT2D eigenvalue weighted by atomic mass is 10.0. The highest BCUT2D eigenvalue weighted by molar-refractivity contribution is 6.04. The van der Waals surface area contributed by atoms with Gasteiger partial charge in [-0.15, -0.1) is 0 Å². The van der Waals surface area contributed by atoms with Crippen LogP contribution in [0, 0.1) is 0 Å². The molecule has 1 amide bonds. The molecular formula is C7H13BN2O2. The Bertz CT molecular complexity index is 157. The van der Waals surface area contributed by atoms with Gasteiger partial charge in [0.15, 0.2) is 7.98 Å². The fourth-order valence-electron chi connectivity index (χ4n) is 1.27. The summed E-state index contributed by atoms with van der Waals surface area (Å²) in [4.78, 5) is 12.5. The largest absolute Gasteiger partial charge is 0.453 e. The molecule has 0 spiro atoms. The molecule has 1 aliphatic heterocycles. The summed E-state index contributed by atoms with van der Waals surface area (Å²) in [6.07, 6.45) is 1.43. The zero-order valence-electron chi connectivity index (χ0n) is 7.25. The Morgan fingerprint density at radius 3 is 2.67 bits per heavy atom. The van der Waals surface area contributed by atoms with Gasteiger partial charge in [-0.1, -0.05) is 0 Å². The van der Waals surface area contributed by atoms with Crippen molar-refractivity contribution in [3.63, 3.8) is 0 Å². The van der Waals surface area contributed by atoms with E-state index in [9.17, 15) is 4.79 Å². The summed E-state index contributed by atoms with van der Waals surface area (Å²) >= 11 is 0. The maximum absolute atomic E-state index is 10.8. The van der Waals surface area contributed by atoms with E-state index in [1.165, 1.54) is 7.11 Å². The van der Waals surface area contributed by atoms with Gasteiger partial charge in [-0.25, -0.2) is 4.79 Å². The van der Waals surface area contributed by atoms with Gasteiger partial charge in [0.25, 0.3) is 0 Å². The predicted molar refractivity (Wildman–Crippen MR) is 45.9 cm³/mol. The number of hydrogen-bond donors (Lipinski definition) is 1. The van der Waals surface area contributed by atoms with Gasteiger partial charge in [0.1, 0.15) is 0 Å². The molecule has 1 heterocycles. The van der Waals surface area contributed by atoms with Crippen LogP contribution in [-0.4, -0.2) is 45.1 Å². The quantitative estimate of drug-likeness (QED) is 0.555. The third kappa shape index (κ3) is 2.73. The molecule has 5 heteroatoms. The number of carbonyl (C=O) groups excluding carboxylic acids is 1. The SMILES string of the molecule is [B]N1CCC(NC(=O)OC)CC1. The molecule has 0 aromatic carbocycles. The van der Waals surface area contributed by atoms with E-state index in [0.29, 0.717) is 0 Å². The molecule has 1 aliphatic rings. The molecule has 66 valence electrons. The van der Waals surface area contributed by atoms with Crippen LogP contribution < -0.4 is 5.32 Å². The fourth-order valence-corrected chi connectivity index (χ4v) is 1.27. The molecule has 0 aromatic heterocycles. The van der Waals surface area contributed by atoms with E-state index < -0.39 is 0 Å². The number of rotatable bonds is 1. The van der Waals surface area contributed by atoms with Crippen molar-refractivity contribution in [2.45, 2.75) is 18.9 Å². The summed E-state index contributed by atoms with van der Waals surface area (Å²) in [5.74, 6) is 0. The zero-order chi connectivity index (χ0) is 8.97. The fraction of sp³-hybridized carbons (Fsp3) is 0.857. The second-order valence-corrected chi connectivity index (χ2v) is 2.95. The van der Waals surface area contributed by atoms with Crippen LogP contribution in [0.5, 0.6) is 0 Å². The molecule has 0 aliphatic carbocycles. The zero-order valence-corrected chi connectivity index (χ0v) is 7.25. The van der Waals surface area contributed by atoms with Crippen LogP contribution >= 0.6 is 0 Å². The van der Waals surface area contributed by atoms with Crippen LogP contribution in [0.25, 0.3) is 0 Å². The molecule has 12 heavy (non-hydrogen) atoms. The van der Waals surface area contributed by atoms with Gasteiger partial charge >= 0.3 is 6.09 Å². The van der Waals surface area contributed by atoms with Crippen LogP contribution in [0.4, 0.5) is 4.79 Å². The Morgan fingerprint density at radius 2 is 2.17 bits per heavy atom. The maximum Gasteiger partial charge on any atom is 0.407 e. The highest BCUT2D eigenvalue weighted by Crippen LogP contribution is 2.07. The molecule has 0 atom stereocenters. The van der Waals surface area contributed by atoms with E-state index in [0.717, 1.165) is 25.9 Å². The van der Waals surface area contributed by atoms with Crippen molar-refractivity contribution in [3.05, 3.63) is 0 Å². The lowest BCUT2D eigenvalue weighted by molar-refractivity contribution is 0.161. The Morgan fingerprint density at radius 1 is 1.58 bits per heavy atom. The molecule has 1 rings (SSSR count). The van der Waals surface area contributed by atoms with Gasteiger partial charge in [-0.2, -0.15) is 0 Å². The molecule has 1 N–H and O–H groups in total. The van der Waals surface area contributed by atoms with Crippen LogP contribution in [0.3, 0.4) is 0 Å². The molecule has 4 nitrogen and oxygen atoms in total.